The minimum atomic E-state index is -1.39. The predicted molar refractivity (Wildman–Crippen MR) is 75.9 cm³/mol. The van der Waals surface area contributed by atoms with Crippen molar-refractivity contribution in [2.24, 2.45) is 5.92 Å². The predicted octanol–water partition coefficient (Wildman–Crippen LogP) is 1.17. The molecule has 6 heteroatoms. The van der Waals surface area contributed by atoms with E-state index < -0.39 is 17.6 Å². The number of ketones is 1. The van der Waals surface area contributed by atoms with Gasteiger partial charge in [-0.15, -0.1) is 0 Å². The lowest BCUT2D eigenvalue weighted by molar-refractivity contribution is -0.123. The van der Waals surface area contributed by atoms with Gasteiger partial charge in [-0.05, 0) is 19.1 Å². The molecular formula is C15H18N2O4. The monoisotopic (exact) mass is 290 g/mol. The molecule has 0 aliphatic rings. The van der Waals surface area contributed by atoms with E-state index in [2.05, 4.69) is 5.32 Å². The van der Waals surface area contributed by atoms with Crippen molar-refractivity contribution in [1.82, 2.24) is 5.32 Å². The molecule has 0 aromatic heterocycles. The molecule has 0 bridgehead atoms. The summed E-state index contributed by atoms with van der Waals surface area (Å²) in [6.07, 6.45) is 0. The Kier molecular flexibility index (Phi) is 6.37. The van der Waals surface area contributed by atoms with Gasteiger partial charge >= 0.3 is 0 Å². The van der Waals surface area contributed by atoms with E-state index in [1.807, 2.05) is 0 Å². The Bertz CT molecular complexity index is 551. The van der Waals surface area contributed by atoms with Crippen LogP contribution in [0.1, 0.15) is 17.3 Å². The van der Waals surface area contributed by atoms with Crippen LogP contribution in [0.5, 0.6) is 5.75 Å². The zero-order valence-electron chi connectivity index (χ0n) is 12.3. The maximum atomic E-state index is 12.3. The third-order valence-corrected chi connectivity index (χ3v) is 2.81. The highest BCUT2D eigenvalue weighted by Gasteiger charge is 2.28. The Morgan fingerprint density at radius 3 is 2.67 bits per heavy atom. The number of nitrogens with one attached hydrogen (secondary N) is 1. The largest absolute Gasteiger partial charge is 0.497 e. The molecule has 0 saturated carbocycles. The van der Waals surface area contributed by atoms with E-state index >= 15 is 0 Å². The van der Waals surface area contributed by atoms with Crippen molar-refractivity contribution in [3.05, 3.63) is 29.8 Å². The Hall–Kier alpha value is -2.39. The molecule has 0 spiro atoms. The van der Waals surface area contributed by atoms with Crippen LogP contribution < -0.4 is 10.1 Å². The average molecular weight is 290 g/mol. The number of carbonyl (C=O) groups is 2. The van der Waals surface area contributed by atoms with Gasteiger partial charge < -0.3 is 14.8 Å². The fourth-order valence-corrected chi connectivity index (χ4v) is 1.80. The van der Waals surface area contributed by atoms with E-state index in [4.69, 9.17) is 14.7 Å². The van der Waals surface area contributed by atoms with Crippen LogP contribution in [-0.4, -0.2) is 38.6 Å². The summed E-state index contributed by atoms with van der Waals surface area (Å²) in [6, 6.07) is 7.81. The van der Waals surface area contributed by atoms with Gasteiger partial charge in [-0.1, -0.05) is 12.1 Å². The highest BCUT2D eigenvalue weighted by atomic mass is 16.5. The first-order chi connectivity index (χ1) is 10.0. The lowest BCUT2D eigenvalue weighted by atomic mass is 9.97. The van der Waals surface area contributed by atoms with Gasteiger partial charge in [0.15, 0.2) is 11.7 Å². The molecule has 21 heavy (non-hydrogen) atoms. The van der Waals surface area contributed by atoms with Gasteiger partial charge in [0.2, 0.25) is 5.91 Å². The number of hydrogen-bond acceptors (Lipinski definition) is 5. The molecule has 1 N–H and O–H groups in total. The smallest absolute Gasteiger partial charge is 0.245 e. The van der Waals surface area contributed by atoms with Gasteiger partial charge in [0, 0.05) is 18.7 Å². The lowest BCUT2D eigenvalue weighted by Crippen LogP contribution is -2.41. The molecule has 0 unspecified atom stereocenters. The van der Waals surface area contributed by atoms with Gasteiger partial charge in [0.25, 0.3) is 0 Å². The molecule has 1 aromatic carbocycles. The molecule has 2 atom stereocenters. The lowest BCUT2D eigenvalue weighted by Gasteiger charge is -2.15. The molecule has 0 heterocycles. The molecule has 0 aliphatic carbocycles. The van der Waals surface area contributed by atoms with Crippen LogP contribution in [0.2, 0.25) is 0 Å². The van der Waals surface area contributed by atoms with Crippen molar-refractivity contribution in [3.63, 3.8) is 0 Å². The zero-order valence-corrected chi connectivity index (χ0v) is 12.3. The van der Waals surface area contributed by atoms with Crippen molar-refractivity contribution >= 4 is 11.7 Å². The standard InChI is InChI=1S/C15H18N2O4/c1-10(9-20-2)17-15(19)13(8-16)14(18)11-5-4-6-12(7-11)21-3/h4-7,10,13H,9H2,1-3H3,(H,17,19)/t10-,13+/m0/s1. The van der Waals surface area contributed by atoms with E-state index in [-0.39, 0.29) is 11.6 Å². The van der Waals surface area contributed by atoms with Crippen LogP contribution in [0.15, 0.2) is 24.3 Å². The summed E-state index contributed by atoms with van der Waals surface area (Å²) in [5, 5.41) is 11.7. The normalized spacial score (nSPS) is 12.9. The summed E-state index contributed by atoms with van der Waals surface area (Å²) in [5.41, 5.74) is 0.260. The maximum absolute atomic E-state index is 12.3. The number of hydrogen-bond donors (Lipinski definition) is 1. The third-order valence-electron chi connectivity index (χ3n) is 2.81. The average Bonchev–Trinajstić information content (AvgIpc) is 2.48. The van der Waals surface area contributed by atoms with Gasteiger partial charge in [0.1, 0.15) is 5.75 Å². The number of carbonyl (C=O) groups excluding carboxylic acids is 2. The van der Waals surface area contributed by atoms with Crippen molar-refractivity contribution in [1.29, 1.82) is 5.26 Å². The third kappa shape index (κ3) is 4.58. The van der Waals surface area contributed by atoms with Gasteiger partial charge in [-0.3, -0.25) is 9.59 Å². The Morgan fingerprint density at radius 1 is 1.38 bits per heavy atom. The van der Waals surface area contributed by atoms with E-state index in [0.717, 1.165) is 0 Å². The highest BCUT2D eigenvalue weighted by molar-refractivity contribution is 6.12. The molecule has 0 aliphatic heterocycles. The minimum absolute atomic E-state index is 0.260. The number of amides is 1. The zero-order chi connectivity index (χ0) is 15.8. The van der Waals surface area contributed by atoms with Crippen LogP contribution in [0.25, 0.3) is 0 Å². The summed E-state index contributed by atoms with van der Waals surface area (Å²) in [6.45, 7) is 2.03. The molecule has 0 saturated heterocycles. The number of methoxy groups -OCH3 is 2. The van der Waals surface area contributed by atoms with E-state index in [9.17, 15) is 9.59 Å². The second-order valence-corrected chi connectivity index (χ2v) is 4.52. The Labute approximate surface area is 123 Å². The molecule has 1 rings (SSSR count). The molecule has 0 radical (unpaired) electrons. The molecule has 0 fully saturated rings. The van der Waals surface area contributed by atoms with E-state index in [1.165, 1.54) is 20.3 Å². The van der Waals surface area contributed by atoms with Crippen molar-refractivity contribution < 1.29 is 19.1 Å². The van der Waals surface area contributed by atoms with Gasteiger partial charge in [-0.2, -0.15) is 5.26 Å². The van der Waals surface area contributed by atoms with Crippen LogP contribution in [-0.2, 0) is 9.53 Å². The van der Waals surface area contributed by atoms with E-state index in [0.29, 0.717) is 12.4 Å². The number of ether oxygens (including phenoxy) is 2. The summed E-state index contributed by atoms with van der Waals surface area (Å²) >= 11 is 0. The number of Topliss-reactive ketones (excluding diaryl/α,β-unsaturated/α-hetero) is 1. The molecular weight excluding hydrogens is 272 g/mol. The summed E-state index contributed by atoms with van der Waals surface area (Å²) in [7, 11) is 2.98. The molecule has 112 valence electrons. The van der Waals surface area contributed by atoms with Crippen molar-refractivity contribution in [2.75, 3.05) is 20.8 Å². The van der Waals surface area contributed by atoms with Crippen molar-refractivity contribution in [3.8, 4) is 11.8 Å². The number of nitriles is 1. The SMILES string of the molecule is COC[C@H](C)NC(=O)[C@H](C#N)C(=O)c1cccc(OC)c1. The second-order valence-electron chi connectivity index (χ2n) is 4.52. The second kappa shape index (κ2) is 8.02. The summed E-state index contributed by atoms with van der Waals surface area (Å²) in [4.78, 5) is 24.2. The topological polar surface area (TPSA) is 88.4 Å². The minimum Gasteiger partial charge on any atom is -0.497 e. The summed E-state index contributed by atoms with van der Waals surface area (Å²) < 4.78 is 9.92. The first-order valence-electron chi connectivity index (χ1n) is 6.40. The molecule has 1 amide bonds. The van der Waals surface area contributed by atoms with E-state index in [1.54, 1.807) is 31.2 Å². The molecule has 1 aromatic rings. The maximum Gasteiger partial charge on any atom is 0.245 e. The Balaban J connectivity index is 2.86. The van der Waals surface area contributed by atoms with Gasteiger partial charge in [-0.25, -0.2) is 0 Å². The van der Waals surface area contributed by atoms with Crippen LogP contribution >= 0.6 is 0 Å². The fraction of sp³-hybridized carbons (Fsp3) is 0.400. The Morgan fingerprint density at radius 2 is 2.10 bits per heavy atom. The number of benzene rings is 1. The quantitative estimate of drug-likeness (QED) is 0.601. The van der Waals surface area contributed by atoms with Crippen LogP contribution in [0, 0.1) is 17.2 Å². The highest BCUT2D eigenvalue weighted by Crippen LogP contribution is 2.16. The number of nitrogens with zero attached hydrogens (tertiary/aromatic N) is 1. The van der Waals surface area contributed by atoms with Crippen molar-refractivity contribution in [2.45, 2.75) is 13.0 Å². The molecule has 6 nitrogen and oxygen atoms in total. The fourth-order valence-electron chi connectivity index (χ4n) is 1.80. The van der Waals surface area contributed by atoms with Crippen LogP contribution in [0.4, 0.5) is 0 Å². The number of rotatable bonds is 7. The first-order valence-corrected chi connectivity index (χ1v) is 6.40. The first kappa shape index (κ1) is 16.7. The van der Waals surface area contributed by atoms with Crippen LogP contribution in [0.3, 0.4) is 0 Å². The van der Waals surface area contributed by atoms with Gasteiger partial charge in [0.05, 0.1) is 19.8 Å². The summed E-state index contributed by atoms with van der Waals surface area (Å²) in [5.74, 6) is -2.09.